The van der Waals surface area contributed by atoms with E-state index in [9.17, 15) is 0 Å². The lowest BCUT2D eigenvalue weighted by atomic mass is 9.99. The van der Waals surface area contributed by atoms with Gasteiger partial charge in [0, 0.05) is 44.8 Å². The van der Waals surface area contributed by atoms with Crippen LogP contribution in [0.4, 0.5) is 0 Å². The van der Waals surface area contributed by atoms with Crippen molar-refractivity contribution < 1.29 is 8.83 Å². The molecule has 5 nitrogen and oxygen atoms in total. The van der Waals surface area contributed by atoms with Crippen LogP contribution in [0.15, 0.2) is 130 Å². The van der Waals surface area contributed by atoms with Crippen molar-refractivity contribution in [3.8, 4) is 56.4 Å². The second-order valence-electron chi connectivity index (χ2n) is 12.6. The molecule has 0 amide bonds. The number of hydrogen-bond acceptors (Lipinski definition) is 5. The SMILES string of the molecule is C1=Cc2c(oc3cc(-c4nc(-c5ccccc5)nc(-c5cccc6oc7cc8c(cc7c56)-c5cccc6cccc-8c56)n4)ccc23)CC1. The molecule has 5 heteroatoms. The Morgan fingerprint density at radius 2 is 1.21 bits per heavy atom. The maximum atomic E-state index is 6.56. The zero-order chi connectivity index (χ0) is 31.3. The van der Waals surface area contributed by atoms with Crippen LogP contribution in [0.25, 0.3) is 106 Å². The van der Waals surface area contributed by atoms with E-state index in [4.69, 9.17) is 23.8 Å². The molecule has 9 aromatic rings. The molecule has 0 saturated carbocycles. The highest BCUT2D eigenvalue weighted by Gasteiger charge is 2.25. The molecule has 11 rings (SSSR count). The van der Waals surface area contributed by atoms with E-state index in [0.717, 1.165) is 68.2 Å². The number of fused-ring (bicyclic) bond motifs is 9. The second kappa shape index (κ2) is 9.60. The quantitative estimate of drug-likeness (QED) is 0.198. The van der Waals surface area contributed by atoms with Gasteiger partial charge in [0.2, 0.25) is 0 Å². The first-order chi connectivity index (χ1) is 23.8. The fraction of sp³-hybridized carbons (Fsp3) is 0.0465. The summed E-state index contributed by atoms with van der Waals surface area (Å²) in [5.41, 5.74) is 11.3. The van der Waals surface area contributed by atoms with Crippen LogP contribution in [0, 0.1) is 0 Å². The van der Waals surface area contributed by atoms with Gasteiger partial charge in [0.1, 0.15) is 22.5 Å². The minimum atomic E-state index is 0.596. The Bertz CT molecular complexity index is 2840. The van der Waals surface area contributed by atoms with Crippen molar-refractivity contribution >= 4 is 49.8 Å². The van der Waals surface area contributed by atoms with E-state index in [1.165, 1.54) is 38.6 Å². The van der Waals surface area contributed by atoms with Crippen LogP contribution in [-0.4, -0.2) is 15.0 Å². The van der Waals surface area contributed by atoms with Gasteiger partial charge in [-0.1, -0.05) is 97.1 Å². The van der Waals surface area contributed by atoms with E-state index in [0.29, 0.717) is 17.5 Å². The Morgan fingerprint density at radius 3 is 2.06 bits per heavy atom. The Hall–Kier alpha value is -6.33. The molecule has 224 valence electrons. The van der Waals surface area contributed by atoms with Crippen molar-refractivity contribution in [1.82, 2.24) is 15.0 Å². The smallest absolute Gasteiger partial charge is 0.164 e. The Kier molecular flexibility index (Phi) is 5.16. The molecular weight excluding hydrogens is 590 g/mol. The summed E-state index contributed by atoms with van der Waals surface area (Å²) < 4.78 is 12.9. The molecule has 0 spiro atoms. The number of aromatic nitrogens is 3. The van der Waals surface area contributed by atoms with Gasteiger partial charge in [0.25, 0.3) is 0 Å². The van der Waals surface area contributed by atoms with Gasteiger partial charge >= 0.3 is 0 Å². The van der Waals surface area contributed by atoms with Gasteiger partial charge in [-0.2, -0.15) is 0 Å². The molecule has 2 aliphatic rings. The van der Waals surface area contributed by atoms with E-state index in [1.807, 2.05) is 42.5 Å². The van der Waals surface area contributed by atoms with E-state index in [-0.39, 0.29) is 0 Å². The highest BCUT2D eigenvalue weighted by Crippen LogP contribution is 2.50. The van der Waals surface area contributed by atoms with Crippen LogP contribution in [-0.2, 0) is 6.42 Å². The molecule has 0 bridgehead atoms. The van der Waals surface area contributed by atoms with Crippen LogP contribution in [0.3, 0.4) is 0 Å². The lowest BCUT2D eigenvalue weighted by molar-refractivity contribution is 0.546. The van der Waals surface area contributed by atoms with Crippen molar-refractivity contribution in [2.75, 3.05) is 0 Å². The molecular formula is C43H25N3O2. The van der Waals surface area contributed by atoms with Crippen molar-refractivity contribution in [2.24, 2.45) is 0 Å². The molecule has 0 aliphatic heterocycles. The standard InChI is InChI=1S/C43H25N3O2/c1-2-9-25(10-3-1)41-44-42(26-19-20-28-27-13-4-5-17-35(27)47-37(28)21-26)46-43(45-41)31-16-8-18-36-40(31)34-22-32-29-14-6-11-24-12-7-15-30(39(24)29)33(32)23-38(34)48-36/h1-4,6-16,18-23H,5,17H2. The van der Waals surface area contributed by atoms with Gasteiger partial charge in [-0.25, -0.2) is 15.0 Å². The van der Waals surface area contributed by atoms with Crippen LogP contribution in [0.5, 0.6) is 0 Å². The summed E-state index contributed by atoms with van der Waals surface area (Å²) in [4.78, 5) is 15.2. The van der Waals surface area contributed by atoms with Crippen molar-refractivity contribution in [2.45, 2.75) is 12.8 Å². The zero-order valence-electron chi connectivity index (χ0n) is 25.7. The largest absolute Gasteiger partial charge is 0.460 e. The van der Waals surface area contributed by atoms with Crippen molar-refractivity contribution in [3.05, 3.63) is 133 Å². The van der Waals surface area contributed by atoms with Crippen LogP contribution in [0.2, 0.25) is 0 Å². The summed E-state index contributed by atoms with van der Waals surface area (Å²) in [6, 6.07) is 40.1. The number of rotatable bonds is 3. The first kappa shape index (κ1) is 25.8. The molecule has 3 aromatic heterocycles. The first-order valence-electron chi connectivity index (χ1n) is 16.3. The number of hydrogen-bond donors (Lipinski definition) is 0. The lowest BCUT2D eigenvalue weighted by Crippen LogP contribution is -2.00. The first-order valence-corrected chi connectivity index (χ1v) is 16.3. The summed E-state index contributed by atoms with van der Waals surface area (Å²) in [6.45, 7) is 0. The highest BCUT2D eigenvalue weighted by atomic mass is 16.3. The molecule has 0 saturated heterocycles. The summed E-state index contributed by atoms with van der Waals surface area (Å²) in [5, 5.41) is 5.70. The number of allylic oxidation sites excluding steroid dienone is 1. The highest BCUT2D eigenvalue weighted by molar-refractivity contribution is 6.20. The molecule has 0 N–H and O–H groups in total. The molecule has 6 aromatic carbocycles. The maximum Gasteiger partial charge on any atom is 0.164 e. The summed E-state index contributed by atoms with van der Waals surface area (Å²) in [7, 11) is 0. The van der Waals surface area contributed by atoms with Gasteiger partial charge in [0.05, 0.1) is 0 Å². The number of aryl methyl sites for hydroxylation is 1. The third-order valence-corrected chi connectivity index (χ3v) is 9.91. The molecule has 0 atom stereocenters. The van der Waals surface area contributed by atoms with E-state index >= 15 is 0 Å². The maximum absolute atomic E-state index is 6.56. The molecule has 0 fully saturated rings. The zero-order valence-corrected chi connectivity index (χ0v) is 25.7. The molecule has 0 radical (unpaired) electrons. The van der Waals surface area contributed by atoms with Gasteiger partial charge in [-0.05, 0) is 69.8 Å². The number of furan rings is 2. The Labute approximate surface area is 274 Å². The minimum absolute atomic E-state index is 0.596. The van der Waals surface area contributed by atoms with Crippen molar-refractivity contribution in [1.29, 1.82) is 0 Å². The predicted molar refractivity (Wildman–Crippen MR) is 192 cm³/mol. The summed E-state index contributed by atoms with van der Waals surface area (Å²) in [6.07, 6.45) is 6.29. The predicted octanol–water partition coefficient (Wildman–Crippen LogP) is 11.3. The van der Waals surface area contributed by atoms with Crippen LogP contribution in [0.1, 0.15) is 17.7 Å². The molecule has 3 heterocycles. The second-order valence-corrected chi connectivity index (χ2v) is 12.6. The fourth-order valence-corrected chi connectivity index (χ4v) is 7.73. The summed E-state index contributed by atoms with van der Waals surface area (Å²) >= 11 is 0. The molecule has 2 aliphatic carbocycles. The molecule has 0 unspecified atom stereocenters. The number of nitrogens with zero attached hydrogens (tertiary/aromatic N) is 3. The van der Waals surface area contributed by atoms with Crippen LogP contribution < -0.4 is 0 Å². The monoisotopic (exact) mass is 615 g/mol. The van der Waals surface area contributed by atoms with Gasteiger partial charge in [-0.3, -0.25) is 0 Å². The lowest BCUT2D eigenvalue weighted by Gasteiger charge is -2.09. The molecule has 48 heavy (non-hydrogen) atoms. The normalized spacial score (nSPS) is 13.2. The van der Waals surface area contributed by atoms with Gasteiger partial charge < -0.3 is 8.83 Å². The van der Waals surface area contributed by atoms with E-state index < -0.39 is 0 Å². The average Bonchev–Trinajstić information content (AvgIpc) is 3.81. The van der Waals surface area contributed by atoms with E-state index in [1.54, 1.807) is 0 Å². The Morgan fingerprint density at radius 1 is 0.479 bits per heavy atom. The van der Waals surface area contributed by atoms with E-state index in [2.05, 4.69) is 84.9 Å². The Balaban J connectivity index is 1.14. The van der Waals surface area contributed by atoms with Gasteiger partial charge in [0.15, 0.2) is 17.5 Å². The number of benzene rings is 6. The minimum Gasteiger partial charge on any atom is -0.460 e. The van der Waals surface area contributed by atoms with Gasteiger partial charge in [-0.15, -0.1) is 0 Å². The fourth-order valence-electron chi connectivity index (χ4n) is 7.73. The van der Waals surface area contributed by atoms with Crippen molar-refractivity contribution in [3.63, 3.8) is 0 Å². The van der Waals surface area contributed by atoms with Crippen LogP contribution >= 0.6 is 0 Å². The third kappa shape index (κ3) is 3.64. The third-order valence-electron chi connectivity index (χ3n) is 9.91. The average molecular weight is 616 g/mol. The summed E-state index contributed by atoms with van der Waals surface area (Å²) in [5.74, 6) is 2.85. The topological polar surface area (TPSA) is 65.0 Å².